The lowest BCUT2D eigenvalue weighted by atomic mass is 9.68. The van der Waals surface area contributed by atoms with Crippen LogP contribution in [0.2, 0.25) is 0 Å². The molecular formula is C107H164O2. The number of benzene rings is 7. The Kier molecular flexibility index (Phi) is 28.1. The van der Waals surface area contributed by atoms with Crippen LogP contribution in [0.15, 0.2) is 121 Å². The van der Waals surface area contributed by atoms with Crippen LogP contribution in [-0.4, -0.2) is 5.78 Å². The average molecular weight is 1480 g/mol. The molecule has 604 valence electrons. The Morgan fingerprint density at radius 2 is 0.312 bits per heavy atom. The number of carbonyl (C=O) groups is 1. The normalized spacial score (nSPS) is 13.7. The fourth-order valence-corrected chi connectivity index (χ4v) is 15.0. The van der Waals surface area contributed by atoms with Crippen molar-refractivity contribution in [3.63, 3.8) is 0 Å². The zero-order chi connectivity index (χ0) is 85.1. The molecule has 0 aliphatic rings. The summed E-state index contributed by atoms with van der Waals surface area (Å²) in [6, 6.07) is 44.9. The first kappa shape index (κ1) is 95.4. The van der Waals surface area contributed by atoms with E-state index in [4.69, 9.17) is 4.74 Å². The van der Waals surface area contributed by atoms with Crippen molar-refractivity contribution in [3.8, 4) is 22.6 Å². The van der Waals surface area contributed by atoms with Crippen LogP contribution in [0.3, 0.4) is 0 Å². The fourth-order valence-electron chi connectivity index (χ4n) is 15.0. The molecule has 0 N–H and O–H groups in total. The van der Waals surface area contributed by atoms with Gasteiger partial charge in [-0.2, -0.15) is 0 Å². The molecule has 2 heteroatoms. The van der Waals surface area contributed by atoms with Crippen LogP contribution < -0.4 is 4.74 Å². The predicted molar refractivity (Wildman–Crippen MR) is 487 cm³/mol. The number of hydrogen-bond donors (Lipinski definition) is 0. The van der Waals surface area contributed by atoms with E-state index in [1.165, 1.54) is 100 Å². The Balaban J connectivity index is 0.000000309. The maximum atomic E-state index is 13.5. The molecule has 0 atom stereocenters. The van der Waals surface area contributed by atoms with Crippen molar-refractivity contribution in [1.29, 1.82) is 0 Å². The first-order valence-corrected chi connectivity index (χ1v) is 41.4. The Morgan fingerprint density at radius 1 is 0.165 bits per heavy atom. The van der Waals surface area contributed by atoms with Crippen molar-refractivity contribution in [2.24, 2.45) is 0 Å². The van der Waals surface area contributed by atoms with E-state index in [0.29, 0.717) is 0 Å². The molecule has 0 fully saturated rings. The SMILES string of the molecule is CC(C)(C)c1cc(C(C)(C)C)c(C(C)(C)C)cc1C(C)(C)C.CC(C)(C)c1ccc(-c2ccc(C(C)(C)C)c(C(C)(C)C)c2)cc1C(C)(C)C.CC(C)(C)c1ccc(C(=O)c2ccc(C(C)(C)C)c(C(C)(C)C)c2)cc1C(C)(C)C.CC(C)(C)c1ccc(Oc2ccc(C(C)(C)C)c(C(C)(C)C)c2)cc1C(C)(C)C. The van der Waals surface area contributed by atoms with Gasteiger partial charge in [0.05, 0.1) is 0 Å². The summed E-state index contributed by atoms with van der Waals surface area (Å²) in [5.74, 6) is 1.92. The molecule has 0 saturated carbocycles. The van der Waals surface area contributed by atoms with Crippen LogP contribution in [0.5, 0.6) is 11.5 Å². The summed E-state index contributed by atoms with van der Waals surface area (Å²) >= 11 is 0. The lowest BCUT2D eigenvalue weighted by Crippen LogP contribution is -2.28. The minimum Gasteiger partial charge on any atom is -0.457 e. The molecule has 0 spiro atoms. The van der Waals surface area contributed by atoms with Gasteiger partial charge in [-0.15, -0.1) is 0 Å². The summed E-state index contributed by atoms with van der Waals surface area (Å²) < 4.78 is 6.39. The van der Waals surface area contributed by atoms with Crippen LogP contribution in [0, 0.1) is 0 Å². The van der Waals surface area contributed by atoms with Crippen LogP contribution in [0.4, 0.5) is 0 Å². The van der Waals surface area contributed by atoms with E-state index < -0.39 is 0 Å². The molecule has 7 aromatic carbocycles. The molecule has 0 saturated heterocycles. The zero-order valence-corrected chi connectivity index (χ0v) is 79.9. The van der Waals surface area contributed by atoms with Crippen molar-refractivity contribution in [2.75, 3.05) is 0 Å². The van der Waals surface area contributed by atoms with Crippen molar-refractivity contribution >= 4 is 5.78 Å². The third kappa shape index (κ3) is 25.5. The van der Waals surface area contributed by atoms with Gasteiger partial charge >= 0.3 is 0 Å². The fraction of sp³-hybridized carbons (Fsp3) is 0.598. The van der Waals surface area contributed by atoms with Gasteiger partial charge in [-0.25, -0.2) is 0 Å². The highest BCUT2D eigenvalue weighted by Gasteiger charge is 2.36. The molecule has 0 unspecified atom stereocenters. The van der Waals surface area contributed by atoms with Gasteiger partial charge in [-0.05, 0) is 223 Å². The van der Waals surface area contributed by atoms with E-state index in [2.05, 4.69) is 442 Å². The topological polar surface area (TPSA) is 26.3 Å². The summed E-state index contributed by atoms with van der Waals surface area (Å²) in [4.78, 5) is 13.5. The van der Waals surface area contributed by atoms with Crippen molar-refractivity contribution in [3.05, 3.63) is 221 Å². The molecule has 0 aliphatic carbocycles. The van der Waals surface area contributed by atoms with Crippen LogP contribution >= 0.6 is 0 Å². The highest BCUT2D eigenvalue weighted by atomic mass is 16.5. The number of ketones is 1. The van der Waals surface area contributed by atoms with Gasteiger partial charge < -0.3 is 4.74 Å². The van der Waals surface area contributed by atoms with Crippen molar-refractivity contribution < 1.29 is 9.53 Å². The first-order chi connectivity index (χ1) is 48.1. The van der Waals surface area contributed by atoms with E-state index in [9.17, 15) is 4.79 Å². The Labute approximate surface area is 674 Å². The highest BCUT2D eigenvalue weighted by Crippen LogP contribution is 2.47. The average Bonchev–Trinajstić information content (AvgIpc) is 0.773. The maximum absolute atomic E-state index is 13.5. The summed E-state index contributed by atoms with van der Waals surface area (Å²) in [7, 11) is 0. The number of carbonyl (C=O) groups excluding carboxylic acids is 1. The van der Waals surface area contributed by atoms with E-state index in [0.717, 1.165) is 22.6 Å². The van der Waals surface area contributed by atoms with Gasteiger partial charge in [-0.1, -0.05) is 417 Å². The van der Waals surface area contributed by atoms with Crippen molar-refractivity contribution in [1.82, 2.24) is 0 Å². The Bertz CT molecular complexity index is 3950. The highest BCUT2D eigenvalue weighted by molar-refractivity contribution is 6.09. The van der Waals surface area contributed by atoms with E-state index in [1.54, 1.807) is 0 Å². The molecule has 0 bridgehead atoms. The number of ether oxygens (including phenoxy) is 1. The molecule has 0 heterocycles. The molecular weight excluding hydrogens is 1320 g/mol. The maximum Gasteiger partial charge on any atom is 0.193 e. The van der Waals surface area contributed by atoms with Crippen LogP contribution in [0.25, 0.3) is 11.1 Å². The van der Waals surface area contributed by atoms with Crippen LogP contribution in [0.1, 0.15) is 437 Å². The van der Waals surface area contributed by atoms with Crippen LogP contribution in [-0.2, 0) is 86.6 Å². The Hall–Kier alpha value is -5.99. The lowest BCUT2D eigenvalue weighted by Gasteiger charge is -2.37. The van der Waals surface area contributed by atoms with Gasteiger partial charge in [0.15, 0.2) is 5.78 Å². The third-order valence-corrected chi connectivity index (χ3v) is 21.2. The molecule has 7 rings (SSSR count). The summed E-state index contributed by atoms with van der Waals surface area (Å²) in [6.07, 6.45) is 0. The summed E-state index contributed by atoms with van der Waals surface area (Å²) in [6.45, 7) is 110. The van der Waals surface area contributed by atoms with E-state index >= 15 is 0 Å². The lowest BCUT2D eigenvalue weighted by molar-refractivity contribution is 0.103. The van der Waals surface area contributed by atoms with Crippen molar-refractivity contribution in [2.45, 2.75) is 419 Å². The zero-order valence-electron chi connectivity index (χ0n) is 79.9. The third-order valence-electron chi connectivity index (χ3n) is 21.2. The molecule has 0 aliphatic heterocycles. The van der Waals surface area contributed by atoms with E-state index in [1.807, 2.05) is 12.1 Å². The van der Waals surface area contributed by atoms with Gasteiger partial charge in [0.1, 0.15) is 11.5 Å². The minimum atomic E-state index is -0.0223. The predicted octanol–water partition coefficient (Wildman–Crippen LogP) is 32.2. The molecule has 2 nitrogen and oxygen atoms in total. The standard InChI is InChI=1S/C29H42O.C28H42O.C28H42.C22H38/c1-26(2,3)21-15-13-19(17-23(21)28(7,8)9)25(30)20-14-16-22(27(4,5)6)24(18-20)29(10,11)12;1-25(2,3)21-15-13-19(17-23(21)27(7,8)9)29-20-14-16-22(26(4,5)6)24(18-20)28(10,11)12;1-25(2,3)21-15-13-19(17-23(21)27(7,8)9)20-14-16-22(26(4,5)6)24(18-20)28(10,11)12;1-19(2,3)15-13-17(21(7,8)9)18(22(10,11)12)14-16(15)20(4,5)6/h13-18H,1-12H3;13-18H,1-12H3;13-18H,1-12H3;13-14H,1-12H3. The molecule has 0 amide bonds. The molecule has 7 aromatic rings. The molecule has 0 aromatic heterocycles. The largest absolute Gasteiger partial charge is 0.457 e. The minimum absolute atomic E-state index is 0.0223. The van der Waals surface area contributed by atoms with E-state index in [-0.39, 0.29) is 92.4 Å². The van der Waals surface area contributed by atoms with Gasteiger partial charge in [-0.3, -0.25) is 4.79 Å². The second-order valence-electron chi connectivity index (χ2n) is 48.8. The second kappa shape index (κ2) is 32.1. The second-order valence-corrected chi connectivity index (χ2v) is 48.8. The van der Waals surface area contributed by atoms with Gasteiger partial charge in [0.2, 0.25) is 0 Å². The quantitative estimate of drug-likeness (QED) is 0.161. The molecule has 0 radical (unpaired) electrons. The number of hydrogen-bond acceptors (Lipinski definition) is 2. The summed E-state index contributed by atoms with van der Waals surface area (Å²) in [5, 5.41) is 0. The first-order valence-electron chi connectivity index (χ1n) is 41.4. The van der Waals surface area contributed by atoms with Gasteiger partial charge in [0, 0.05) is 11.1 Å². The smallest absolute Gasteiger partial charge is 0.193 e. The monoisotopic (exact) mass is 1480 g/mol. The number of rotatable bonds is 5. The Morgan fingerprint density at radius 3 is 0.495 bits per heavy atom. The molecule has 109 heavy (non-hydrogen) atoms. The van der Waals surface area contributed by atoms with Gasteiger partial charge in [0.25, 0.3) is 0 Å². The summed E-state index contributed by atoms with van der Waals surface area (Å²) in [5.41, 5.74) is 28.2.